The minimum atomic E-state index is -2.75. The van der Waals surface area contributed by atoms with Gasteiger partial charge in [0, 0.05) is 0 Å². The molecule has 3 aromatic carbocycles. The molecule has 258 valence electrons. The quantitative estimate of drug-likeness (QED) is 0.222. The zero-order chi connectivity index (χ0) is 34.7. The van der Waals surface area contributed by atoms with E-state index in [-0.39, 0.29) is 13.6 Å². The zero-order valence-corrected chi connectivity index (χ0v) is 32.7. The molecular weight excluding hydrogens is 730 g/mol. The Morgan fingerprint density at radius 2 is 1.41 bits per heavy atom. The number of hydrogen-bond donors (Lipinski definition) is 0. The fraction of sp³-hybridized carbons (Fsp3) is 0.421. The first kappa shape index (κ1) is 34.1. The average molecular weight is 775 g/mol. The van der Waals surface area contributed by atoms with Gasteiger partial charge >= 0.3 is 295 Å². The van der Waals surface area contributed by atoms with Crippen molar-refractivity contribution in [2.24, 2.45) is 0 Å². The van der Waals surface area contributed by atoms with E-state index in [2.05, 4.69) is 70.8 Å². The molecule has 3 aromatic rings. The second-order valence-electron chi connectivity index (χ2n) is 14.9. The van der Waals surface area contributed by atoms with Gasteiger partial charge in [-0.05, 0) is 0 Å². The summed E-state index contributed by atoms with van der Waals surface area (Å²) >= 11 is -2.75. The van der Waals surface area contributed by atoms with Crippen LogP contribution in [-0.4, -0.2) is 64.5 Å². The van der Waals surface area contributed by atoms with Gasteiger partial charge in [-0.25, -0.2) is 0 Å². The van der Waals surface area contributed by atoms with Crippen LogP contribution < -0.4 is 28.4 Å². The standard InChI is InChI=1S/C35H36BO9.3CH3.Sn/c1-20-23(16-36-44-34(2,3)35(4,5)45-36)13-22-14-25-30(42-18-40-25)32(37-6)27(22)28-24(15-26-31(33(28)38-7)43-19-41-26)29(20)39-17-21-11-9-8-10-12-21;;;;/h1,8-12,14-16,29H,13,17-19H2,2-7H3;3*1H3;/b20-1?,23-16+;;;;/t29-;;;;/m0..../s1. The Kier molecular flexibility index (Phi) is 8.91. The van der Waals surface area contributed by atoms with Crippen molar-refractivity contribution in [1.29, 1.82) is 0 Å². The van der Waals surface area contributed by atoms with Gasteiger partial charge in [-0.2, -0.15) is 0 Å². The molecule has 0 unspecified atom stereocenters. The van der Waals surface area contributed by atoms with Gasteiger partial charge in [-0.1, -0.05) is 0 Å². The summed E-state index contributed by atoms with van der Waals surface area (Å²) in [5.41, 5.74) is 5.66. The second kappa shape index (κ2) is 12.8. The maximum atomic E-state index is 7.10. The van der Waals surface area contributed by atoms with E-state index >= 15 is 0 Å². The van der Waals surface area contributed by atoms with Crippen molar-refractivity contribution in [2.75, 3.05) is 27.8 Å². The normalized spacial score (nSPS) is 21.7. The van der Waals surface area contributed by atoms with Gasteiger partial charge in [0.2, 0.25) is 0 Å². The van der Waals surface area contributed by atoms with Gasteiger partial charge < -0.3 is 0 Å². The van der Waals surface area contributed by atoms with Crippen molar-refractivity contribution in [1.82, 2.24) is 0 Å². The molecule has 1 fully saturated rings. The first-order valence-corrected chi connectivity index (χ1v) is 27.0. The molecule has 0 spiro atoms. The van der Waals surface area contributed by atoms with Crippen LogP contribution in [0.2, 0.25) is 14.8 Å². The Bertz CT molecular complexity index is 1810. The fourth-order valence-corrected chi connectivity index (χ4v) is 10.5. The van der Waals surface area contributed by atoms with Gasteiger partial charge in [0.25, 0.3) is 0 Å². The zero-order valence-electron chi connectivity index (χ0n) is 29.9. The van der Waals surface area contributed by atoms with Crippen LogP contribution >= 0.6 is 0 Å². The molecule has 3 aliphatic heterocycles. The number of rotatable bonds is 7. The van der Waals surface area contributed by atoms with Crippen LogP contribution in [0, 0.1) is 0 Å². The molecule has 49 heavy (non-hydrogen) atoms. The summed E-state index contributed by atoms with van der Waals surface area (Å²) in [6, 6.07) is 14.3. The molecule has 7 rings (SSSR count). The Labute approximate surface area is 293 Å². The van der Waals surface area contributed by atoms with Gasteiger partial charge in [-0.15, -0.1) is 0 Å². The van der Waals surface area contributed by atoms with Crippen molar-refractivity contribution < 1.29 is 42.5 Å². The third-order valence-electron chi connectivity index (χ3n) is 9.78. The molecule has 3 heterocycles. The van der Waals surface area contributed by atoms with Crippen molar-refractivity contribution in [2.45, 2.75) is 72.8 Å². The summed E-state index contributed by atoms with van der Waals surface area (Å²) in [6.45, 7) is 8.86. The van der Waals surface area contributed by atoms with E-state index in [0.29, 0.717) is 47.5 Å². The molecule has 9 nitrogen and oxygen atoms in total. The van der Waals surface area contributed by atoms with E-state index in [1.165, 1.54) is 0 Å². The van der Waals surface area contributed by atoms with Crippen LogP contribution in [0.3, 0.4) is 0 Å². The summed E-state index contributed by atoms with van der Waals surface area (Å²) < 4.78 is 59.2. The van der Waals surface area contributed by atoms with Crippen molar-refractivity contribution in [3.63, 3.8) is 0 Å². The molecular formula is C38H45BO9Sn. The SMILES string of the molecule is COc1c2c(cc3c1-c1c(cc4c(c1OC)OCO4)[C@@H](OCc1ccccc1)C(=[CH]/[Sn]([CH3])([CH3])[CH3])/C(=C/B1OC(C)(C)C(C)(C)O1)C3)OCO2. The number of hydrogen-bond acceptors (Lipinski definition) is 9. The Balaban J connectivity index is 1.54. The summed E-state index contributed by atoms with van der Waals surface area (Å²) in [5, 5.41) is 0. The van der Waals surface area contributed by atoms with Crippen LogP contribution in [0.15, 0.2) is 63.7 Å². The first-order valence-electron chi connectivity index (χ1n) is 16.8. The molecule has 0 bridgehead atoms. The predicted octanol–water partition coefficient (Wildman–Crippen LogP) is 8.00. The first-order chi connectivity index (χ1) is 23.3. The molecule has 0 saturated carbocycles. The predicted molar refractivity (Wildman–Crippen MR) is 190 cm³/mol. The van der Waals surface area contributed by atoms with E-state index in [1.54, 1.807) is 14.2 Å². The van der Waals surface area contributed by atoms with Crippen LogP contribution in [0.1, 0.15) is 50.5 Å². The molecule has 0 radical (unpaired) electrons. The summed E-state index contributed by atoms with van der Waals surface area (Å²) in [5.74, 6) is 5.56. The molecule has 0 amide bonds. The van der Waals surface area contributed by atoms with Gasteiger partial charge in [-0.3, -0.25) is 0 Å². The number of methoxy groups -OCH3 is 2. The van der Waals surface area contributed by atoms with E-state index < -0.39 is 42.8 Å². The van der Waals surface area contributed by atoms with Gasteiger partial charge in [0.15, 0.2) is 0 Å². The number of fused-ring (bicyclic) bond motifs is 5. The second-order valence-corrected chi connectivity index (χ2v) is 29.3. The van der Waals surface area contributed by atoms with Crippen molar-refractivity contribution >= 4 is 25.5 Å². The molecule has 1 atom stereocenters. The number of ether oxygens (including phenoxy) is 7. The topological polar surface area (TPSA) is 83.1 Å². The minimum absolute atomic E-state index is 0.0868. The van der Waals surface area contributed by atoms with Crippen molar-refractivity contribution in [3.05, 3.63) is 80.4 Å². The van der Waals surface area contributed by atoms with Gasteiger partial charge in [0.1, 0.15) is 0 Å². The number of benzene rings is 3. The Morgan fingerprint density at radius 1 is 0.816 bits per heavy atom. The molecule has 11 heteroatoms. The molecule has 1 aliphatic carbocycles. The van der Waals surface area contributed by atoms with Crippen molar-refractivity contribution in [3.8, 4) is 45.6 Å². The summed E-state index contributed by atoms with van der Waals surface area (Å²) in [6.07, 6.45) is -0.00548. The van der Waals surface area contributed by atoms with Gasteiger partial charge in [0.05, 0.1) is 0 Å². The van der Waals surface area contributed by atoms with E-state index in [1.807, 2.05) is 24.3 Å². The molecule has 1 saturated heterocycles. The van der Waals surface area contributed by atoms with Crippen LogP contribution in [0.4, 0.5) is 0 Å². The van der Waals surface area contributed by atoms with E-state index in [4.69, 9.17) is 42.5 Å². The Hall–Kier alpha value is -3.32. The monoisotopic (exact) mass is 776 g/mol. The Morgan fingerprint density at radius 3 is 2.00 bits per heavy atom. The third kappa shape index (κ3) is 6.30. The van der Waals surface area contributed by atoms with Crippen LogP contribution in [-0.2, 0) is 27.1 Å². The molecule has 0 aromatic heterocycles. The molecule has 4 aliphatic rings. The summed E-state index contributed by atoms with van der Waals surface area (Å²) in [4.78, 5) is 7.20. The van der Waals surface area contributed by atoms with Crippen LogP contribution in [0.5, 0.6) is 34.5 Å². The summed E-state index contributed by atoms with van der Waals surface area (Å²) in [7, 11) is 2.73. The van der Waals surface area contributed by atoms with E-state index in [9.17, 15) is 0 Å². The van der Waals surface area contributed by atoms with Crippen LogP contribution in [0.25, 0.3) is 11.1 Å². The maximum absolute atomic E-state index is 7.10. The van der Waals surface area contributed by atoms with E-state index in [0.717, 1.165) is 39.0 Å². The fourth-order valence-electron chi connectivity index (χ4n) is 6.85. The molecule has 0 N–H and O–H groups in total. The third-order valence-corrected chi connectivity index (χ3v) is 13.1. The average Bonchev–Trinajstić information content (AvgIpc) is 3.75.